The van der Waals surface area contributed by atoms with Crippen LogP contribution in [0.25, 0.3) is 0 Å². The summed E-state index contributed by atoms with van der Waals surface area (Å²) in [5, 5.41) is 6.05. The van der Waals surface area contributed by atoms with Crippen LogP contribution in [0.3, 0.4) is 0 Å². The molecule has 0 aliphatic heterocycles. The number of hydrogen-bond donors (Lipinski definition) is 1. The van der Waals surface area contributed by atoms with Crippen LogP contribution in [0.1, 0.15) is 22.6 Å². The molecule has 1 aromatic carbocycles. The van der Waals surface area contributed by atoms with Crippen molar-refractivity contribution < 1.29 is 22.5 Å². The van der Waals surface area contributed by atoms with E-state index in [2.05, 4.69) is 10.5 Å². The molecule has 0 fully saturated rings. The summed E-state index contributed by atoms with van der Waals surface area (Å²) in [6.07, 6.45) is -4.68. The summed E-state index contributed by atoms with van der Waals surface area (Å²) in [5.41, 5.74) is 0.351. The van der Waals surface area contributed by atoms with Crippen molar-refractivity contribution >= 4 is 17.3 Å². The molecule has 0 aliphatic rings. The molecule has 0 spiro atoms. The average Bonchev–Trinajstić information content (AvgIpc) is 2.78. The second-order valence-corrected chi connectivity index (χ2v) is 5.65. The van der Waals surface area contributed by atoms with E-state index in [4.69, 9.17) is 4.52 Å². The second-order valence-electron chi connectivity index (χ2n) is 5.65. The van der Waals surface area contributed by atoms with Crippen molar-refractivity contribution in [1.82, 2.24) is 5.16 Å². The van der Waals surface area contributed by atoms with Crippen LogP contribution in [0.5, 0.6) is 0 Å². The number of carbonyl (C=O) groups is 1. The highest BCUT2D eigenvalue weighted by molar-refractivity contribution is 5.93. The number of hydrogen-bond acceptors (Lipinski definition) is 4. The molecule has 0 radical (unpaired) electrons. The fourth-order valence-corrected chi connectivity index (χ4v) is 2.26. The summed E-state index contributed by atoms with van der Waals surface area (Å²) in [6, 6.07) is 3.77. The van der Waals surface area contributed by atoms with Gasteiger partial charge in [0.2, 0.25) is 5.91 Å². The molecule has 0 bridgehead atoms. The van der Waals surface area contributed by atoms with E-state index in [-0.39, 0.29) is 12.1 Å². The van der Waals surface area contributed by atoms with Gasteiger partial charge in [0.15, 0.2) is 0 Å². The van der Waals surface area contributed by atoms with Crippen molar-refractivity contribution in [2.45, 2.75) is 26.4 Å². The van der Waals surface area contributed by atoms with Crippen LogP contribution in [0.15, 0.2) is 22.7 Å². The maximum Gasteiger partial charge on any atom is 0.418 e. The van der Waals surface area contributed by atoms with Crippen molar-refractivity contribution in [2.24, 2.45) is 0 Å². The van der Waals surface area contributed by atoms with Gasteiger partial charge in [0, 0.05) is 25.3 Å². The molecule has 2 rings (SSSR count). The summed E-state index contributed by atoms with van der Waals surface area (Å²) >= 11 is 0. The Hall–Kier alpha value is -2.51. The van der Waals surface area contributed by atoms with Gasteiger partial charge < -0.3 is 14.7 Å². The molecule has 1 N–H and O–H groups in total. The smallest absolute Gasteiger partial charge is 0.378 e. The lowest BCUT2D eigenvalue weighted by Gasteiger charge is -2.18. The first kappa shape index (κ1) is 17.8. The summed E-state index contributed by atoms with van der Waals surface area (Å²) < 4.78 is 44.7. The Morgan fingerprint density at radius 1 is 1.29 bits per heavy atom. The molecule has 1 heterocycles. The van der Waals surface area contributed by atoms with Gasteiger partial charge in [-0.1, -0.05) is 5.16 Å². The standard InChI is InChI=1S/C16H18F3N3O2/c1-9-12(10(2)24-21-9)8-15(23)20-14-6-5-11(22(3)4)7-13(14)16(17,18)19/h5-7H,8H2,1-4H3,(H,20,23). The molecule has 2 aromatic rings. The van der Waals surface area contributed by atoms with Crippen LogP contribution < -0.4 is 10.2 Å². The largest absolute Gasteiger partial charge is 0.418 e. The lowest BCUT2D eigenvalue weighted by molar-refractivity contribution is -0.136. The van der Waals surface area contributed by atoms with Crippen molar-refractivity contribution in [3.63, 3.8) is 0 Å². The summed E-state index contributed by atoms with van der Waals surface area (Å²) in [4.78, 5) is 13.7. The molecule has 8 heteroatoms. The molecular formula is C16H18F3N3O2. The highest BCUT2D eigenvalue weighted by atomic mass is 19.4. The van der Waals surface area contributed by atoms with Crippen molar-refractivity contribution in [1.29, 1.82) is 0 Å². The van der Waals surface area contributed by atoms with Gasteiger partial charge in [0.1, 0.15) is 5.76 Å². The van der Waals surface area contributed by atoms with E-state index in [9.17, 15) is 18.0 Å². The number of aryl methyl sites for hydroxylation is 2. The maximum absolute atomic E-state index is 13.3. The monoisotopic (exact) mass is 341 g/mol. The molecule has 1 amide bonds. The quantitative estimate of drug-likeness (QED) is 0.924. The Morgan fingerprint density at radius 3 is 2.46 bits per heavy atom. The summed E-state index contributed by atoms with van der Waals surface area (Å²) in [7, 11) is 3.29. The molecule has 0 saturated carbocycles. The van der Waals surface area contributed by atoms with Crippen LogP contribution in [-0.4, -0.2) is 25.2 Å². The summed E-state index contributed by atoms with van der Waals surface area (Å²) in [5.74, 6) is -0.0887. The average molecular weight is 341 g/mol. The van der Waals surface area contributed by atoms with Gasteiger partial charge in [-0.2, -0.15) is 13.2 Å². The molecule has 5 nitrogen and oxygen atoms in total. The minimum Gasteiger partial charge on any atom is -0.378 e. The number of benzene rings is 1. The Bertz CT molecular complexity index is 732. The van der Waals surface area contributed by atoms with Gasteiger partial charge in [-0.15, -0.1) is 0 Å². The number of nitrogens with zero attached hydrogens (tertiary/aromatic N) is 2. The van der Waals surface area contributed by atoms with Crippen LogP contribution in [0.4, 0.5) is 24.5 Å². The molecule has 24 heavy (non-hydrogen) atoms. The van der Waals surface area contributed by atoms with Gasteiger partial charge in [-0.05, 0) is 32.0 Å². The molecule has 0 unspecified atom stereocenters. The van der Waals surface area contributed by atoms with E-state index in [0.717, 1.165) is 6.07 Å². The van der Waals surface area contributed by atoms with Gasteiger partial charge >= 0.3 is 6.18 Å². The molecular weight excluding hydrogens is 323 g/mol. The predicted octanol–water partition coefficient (Wildman–Crippen LogP) is 3.56. The fourth-order valence-electron chi connectivity index (χ4n) is 2.26. The third-order valence-corrected chi connectivity index (χ3v) is 3.62. The van der Waals surface area contributed by atoms with E-state index >= 15 is 0 Å². The number of carbonyl (C=O) groups excluding carboxylic acids is 1. The van der Waals surface area contributed by atoms with Gasteiger partial charge in [-0.3, -0.25) is 4.79 Å². The van der Waals surface area contributed by atoms with Crippen molar-refractivity contribution in [2.75, 3.05) is 24.3 Å². The third-order valence-electron chi connectivity index (χ3n) is 3.62. The molecule has 130 valence electrons. The molecule has 0 saturated heterocycles. The van der Waals surface area contributed by atoms with E-state index in [1.165, 1.54) is 12.1 Å². The van der Waals surface area contributed by atoms with E-state index in [1.54, 1.807) is 32.8 Å². The molecule has 1 aromatic heterocycles. The van der Waals surface area contributed by atoms with E-state index < -0.39 is 17.6 Å². The number of aromatic nitrogens is 1. The van der Waals surface area contributed by atoms with Gasteiger partial charge in [0.25, 0.3) is 0 Å². The van der Waals surface area contributed by atoms with Crippen LogP contribution in [0.2, 0.25) is 0 Å². The number of halogens is 3. The van der Waals surface area contributed by atoms with Crippen molar-refractivity contribution in [3.8, 4) is 0 Å². The maximum atomic E-state index is 13.3. The lowest BCUT2D eigenvalue weighted by Crippen LogP contribution is -2.19. The Labute approximate surface area is 137 Å². The van der Waals surface area contributed by atoms with Crippen molar-refractivity contribution in [3.05, 3.63) is 40.8 Å². The van der Waals surface area contributed by atoms with Crippen LogP contribution in [-0.2, 0) is 17.4 Å². The SMILES string of the molecule is Cc1noc(C)c1CC(=O)Nc1ccc(N(C)C)cc1C(F)(F)F. The number of rotatable bonds is 4. The van der Waals surface area contributed by atoms with Crippen LogP contribution in [0, 0.1) is 13.8 Å². The first-order valence-electron chi connectivity index (χ1n) is 7.19. The minimum absolute atomic E-state index is 0.103. The zero-order valence-electron chi connectivity index (χ0n) is 13.8. The fraction of sp³-hybridized carbons (Fsp3) is 0.375. The van der Waals surface area contributed by atoms with E-state index in [0.29, 0.717) is 22.7 Å². The predicted molar refractivity (Wildman–Crippen MR) is 84.1 cm³/mol. The summed E-state index contributed by atoms with van der Waals surface area (Å²) in [6.45, 7) is 3.32. The highest BCUT2D eigenvalue weighted by Gasteiger charge is 2.34. The van der Waals surface area contributed by atoms with Gasteiger partial charge in [-0.25, -0.2) is 0 Å². The first-order valence-corrected chi connectivity index (χ1v) is 7.19. The van der Waals surface area contributed by atoms with Gasteiger partial charge in [0.05, 0.1) is 23.4 Å². The number of anilines is 2. The molecule has 0 aliphatic carbocycles. The molecule has 0 atom stereocenters. The number of alkyl halides is 3. The Morgan fingerprint density at radius 2 is 1.96 bits per heavy atom. The Kier molecular flexibility index (Phi) is 4.86. The zero-order valence-corrected chi connectivity index (χ0v) is 13.8. The second kappa shape index (κ2) is 6.54. The zero-order chi connectivity index (χ0) is 18.1. The first-order chi connectivity index (χ1) is 11.1. The lowest BCUT2D eigenvalue weighted by atomic mass is 10.1. The van der Waals surface area contributed by atoms with E-state index in [1.807, 2.05) is 0 Å². The topological polar surface area (TPSA) is 58.4 Å². The third kappa shape index (κ3) is 3.87. The highest BCUT2D eigenvalue weighted by Crippen LogP contribution is 2.37. The van der Waals surface area contributed by atoms with Crippen LogP contribution >= 0.6 is 0 Å². The minimum atomic E-state index is -4.57. The number of nitrogens with one attached hydrogen (secondary N) is 1. The number of amides is 1. The normalized spacial score (nSPS) is 11.5. The Balaban J connectivity index is 2.27.